The number of thiazole rings is 1. The molecule has 0 saturated carbocycles. The molecule has 1 aliphatic heterocycles. The van der Waals surface area contributed by atoms with Gasteiger partial charge >= 0.3 is 5.97 Å². The molecule has 1 aliphatic rings. The third kappa shape index (κ3) is 5.36. The normalized spacial score (nSPS) is 14.8. The number of methoxy groups -OCH3 is 1. The van der Waals surface area contributed by atoms with Crippen molar-refractivity contribution < 1.29 is 28.3 Å². The summed E-state index contributed by atoms with van der Waals surface area (Å²) in [6.07, 6.45) is 1.61. The molecule has 0 aliphatic carbocycles. The molecular formula is C30H27N3O8S. The van der Waals surface area contributed by atoms with E-state index in [1.54, 1.807) is 62.4 Å². The molecule has 3 heterocycles. The highest BCUT2D eigenvalue weighted by Crippen LogP contribution is 2.36. The molecule has 0 bridgehead atoms. The van der Waals surface area contributed by atoms with Crippen LogP contribution in [-0.2, 0) is 9.53 Å². The summed E-state index contributed by atoms with van der Waals surface area (Å²) in [4.78, 5) is 42.6. The van der Waals surface area contributed by atoms with E-state index >= 15 is 0 Å². The Morgan fingerprint density at radius 1 is 1.12 bits per heavy atom. The lowest BCUT2D eigenvalue weighted by atomic mass is 9.95. The number of allylic oxidation sites excluding steroid dienone is 1. The van der Waals surface area contributed by atoms with Crippen LogP contribution in [0.15, 0.2) is 80.1 Å². The number of rotatable bonds is 9. The van der Waals surface area contributed by atoms with Crippen LogP contribution in [-0.4, -0.2) is 35.8 Å². The maximum Gasteiger partial charge on any atom is 0.338 e. The zero-order valence-corrected chi connectivity index (χ0v) is 24.1. The first-order chi connectivity index (χ1) is 20.2. The van der Waals surface area contributed by atoms with Gasteiger partial charge in [-0.1, -0.05) is 17.4 Å². The minimum absolute atomic E-state index is 0.0242. The van der Waals surface area contributed by atoms with Crippen molar-refractivity contribution in [3.63, 3.8) is 0 Å². The SMILES string of the molecule is CCOC(=O)C1=C(C)N=c2s/c(=C\c3ccc(-c4ccc([N+](=O)[O-])cc4)o3)c(=O)n2C1c1ccc(OC)c(OCC)c1. The first-order valence-electron chi connectivity index (χ1n) is 13.1. The highest BCUT2D eigenvalue weighted by molar-refractivity contribution is 7.07. The zero-order valence-electron chi connectivity index (χ0n) is 23.3. The number of non-ortho nitro benzene ring substituents is 1. The van der Waals surface area contributed by atoms with Gasteiger partial charge in [0.2, 0.25) is 0 Å². The van der Waals surface area contributed by atoms with Crippen LogP contribution in [0.1, 0.15) is 38.1 Å². The van der Waals surface area contributed by atoms with Gasteiger partial charge in [-0.2, -0.15) is 0 Å². The smallest absolute Gasteiger partial charge is 0.338 e. The number of nitro groups is 1. The van der Waals surface area contributed by atoms with Gasteiger partial charge in [0.05, 0.1) is 47.1 Å². The fraction of sp³-hybridized carbons (Fsp3) is 0.233. The van der Waals surface area contributed by atoms with Gasteiger partial charge in [-0.15, -0.1) is 0 Å². The van der Waals surface area contributed by atoms with Crippen molar-refractivity contribution in [2.45, 2.75) is 26.8 Å². The molecule has 42 heavy (non-hydrogen) atoms. The number of benzene rings is 2. The number of furan rings is 1. The van der Waals surface area contributed by atoms with E-state index in [-0.39, 0.29) is 23.4 Å². The molecule has 4 aromatic rings. The topological polar surface area (TPSA) is 135 Å². The van der Waals surface area contributed by atoms with Crippen molar-refractivity contribution in [1.82, 2.24) is 4.57 Å². The molecule has 0 spiro atoms. The lowest BCUT2D eigenvalue weighted by molar-refractivity contribution is -0.384. The molecule has 0 N–H and O–H groups in total. The summed E-state index contributed by atoms with van der Waals surface area (Å²) in [5.41, 5.74) is 1.59. The summed E-state index contributed by atoms with van der Waals surface area (Å²) < 4.78 is 24.3. The summed E-state index contributed by atoms with van der Waals surface area (Å²) in [6, 6.07) is 13.9. The lowest BCUT2D eigenvalue weighted by Gasteiger charge is -2.25. The van der Waals surface area contributed by atoms with E-state index in [2.05, 4.69) is 4.99 Å². The van der Waals surface area contributed by atoms with E-state index in [9.17, 15) is 19.7 Å². The molecule has 0 saturated heterocycles. The zero-order chi connectivity index (χ0) is 30.0. The molecular weight excluding hydrogens is 562 g/mol. The maximum atomic E-state index is 13.9. The molecule has 12 heteroatoms. The molecule has 2 aromatic carbocycles. The van der Waals surface area contributed by atoms with Crippen molar-refractivity contribution in [3.05, 3.63) is 107 Å². The number of nitro benzene ring substituents is 1. The standard InChI is InChI=1S/C30H27N3O8S/c1-5-39-24-15-19(9-13-23(24)38-4)27-26(29(35)40-6-2)17(3)31-30-32(27)28(34)25(42-30)16-21-12-14-22(41-21)18-7-10-20(11-8-18)33(36)37/h7-16,27H,5-6H2,1-4H3/b25-16-. The van der Waals surface area contributed by atoms with Gasteiger partial charge in [0.25, 0.3) is 11.2 Å². The van der Waals surface area contributed by atoms with Gasteiger partial charge in [0.1, 0.15) is 11.5 Å². The number of nitrogens with zero attached hydrogens (tertiary/aromatic N) is 3. The predicted octanol–water partition coefficient (Wildman–Crippen LogP) is 4.37. The van der Waals surface area contributed by atoms with Gasteiger partial charge in [0.15, 0.2) is 16.3 Å². The lowest BCUT2D eigenvalue weighted by Crippen LogP contribution is -2.39. The van der Waals surface area contributed by atoms with Crippen LogP contribution >= 0.6 is 11.3 Å². The number of carbonyl (C=O) groups is 1. The first kappa shape index (κ1) is 28.6. The van der Waals surface area contributed by atoms with Gasteiger partial charge in [-0.25, -0.2) is 9.79 Å². The molecule has 0 amide bonds. The Kier molecular flexibility index (Phi) is 8.07. The third-order valence-electron chi connectivity index (χ3n) is 6.58. The van der Waals surface area contributed by atoms with Gasteiger partial charge in [-0.3, -0.25) is 19.5 Å². The number of hydrogen-bond acceptors (Lipinski definition) is 10. The molecule has 0 fully saturated rings. The van der Waals surface area contributed by atoms with Crippen molar-refractivity contribution >= 4 is 29.1 Å². The van der Waals surface area contributed by atoms with Crippen molar-refractivity contribution in [2.75, 3.05) is 20.3 Å². The van der Waals surface area contributed by atoms with Crippen LogP contribution in [0.3, 0.4) is 0 Å². The average Bonchev–Trinajstić information content (AvgIpc) is 3.56. The van der Waals surface area contributed by atoms with Crippen LogP contribution < -0.4 is 24.4 Å². The largest absolute Gasteiger partial charge is 0.493 e. The second-order valence-electron chi connectivity index (χ2n) is 9.15. The maximum absolute atomic E-state index is 13.9. The van der Waals surface area contributed by atoms with Gasteiger partial charge in [0, 0.05) is 23.8 Å². The molecule has 11 nitrogen and oxygen atoms in total. The quantitative estimate of drug-likeness (QED) is 0.160. The summed E-state index contributed by atoms with van der Waals surface area (Å²) >= 11 is 1.17. The number of hydrogen-bond donors (Lipinski definition) is 0. The Balaban J connectivity index is 1.62. The van der Waals surface area contributed by atoms with Gasteiger partial charge < -0.3 is 18.6 Å². The Bertz CT molecular complexity index is 1880. The predicted molar refractivity (Wildman–Crippen MR) is 155 cm³/mol. The number of esters is 1. The highest BCUT2D eigenvalue weighted by Gasteiger charge is 2.34. The van der Waals surface area contributed by atoms with E-state index in [1.807, 2.05) is 6.92 Å². The number of carbonyl (C=O) groups excluding carboxylic acids is 1. The van der Waals surface area contributed by atoms with E-state index in [0.29, 0.717) is 55.8 Å². The fourth-order valence-electron chi connectivity index (χ4n) is 4.70. The van der Waals surface area contributed by atoms with E-state index in [1.165, 1.54) is 35.1 Å². The molecule has 0 radical (unpaired) electrons. The molecule has 1 atom stereocenters. The third-order valence-corrected chi connectivity index (χ3v) is 7.57. The highest BCUT2D eigenvalue weighted by atomic mass is 32.1. The summed E-state index contributed by atoms with van der Waals surface area (Å²) in [6.45, 7) is 5.84. The first-order valence-corrected chi connectivity index (χ1v) is 13.9. The summed E-state index contributed by atoms with van der Waals surface area (Å²) in [7, 11) is 1.54. The Morgan fingerprint density at radius 2 is 1.88 bits per heavy atom. The monoisotopic (exact) mass is 589 g/mol. The minimum atomic E-state index is -0.820. The van der Waals surface area contributed by atoms with Crippen LogP contribution in [0.25, 0.3) is 17.4 Å². The molecule has 1 unspecified atom stereocenters. The number of aromatic nitrogens is 1. The Hall–Kier alpha value is -4.97. The average molecular weight is 590 g/mol. The van der Waals surface area contributed by atoms with Crippen molar-refractivity contribution in [2.24, 2.45) is 4.99 Å². The van der Waals surface area contributed by atoms with E-state index in [0.717, 1.165) is 0 Å². The van der Waals surface area contributed by atoms with Crippen LogP contribution in [0.2, 0.25) is 0 Å². The molecule has 216 valence electrons. The fourth-order valence-corrected chi connectivity index (χ4v) is 5.73. The number of fused-ring (bicyclic) bond motifs is 1. The summed E-state index contributed by atoms with van der Waals surface area (Å²) in [5, 5.41) is 11.0. The summed E-state index contributed by atoms with van der Waals surface area (Å²) in [5.74, 6) is 1.34. The van der Waals surface area contributed by atoms with E-state index in [4.69, 9.17) is 18.6 Å². The Labute approximate surface area is 243 Å². The van der Waals surface area contributed by atoms with Crippen LogP contribution in [0.4, 0.5) is 5.69 Å². The van der Waals surface area contributed by atoms with Crippen LogP contribution in [0.5, 0.6) is 11.5 Å². The van der Waals surface area contributed by atoms with Crippen LogP contribution in [0, 0.1) is 10.1 Å². The van der Waals surface area contributed by atoms with E-state index < -0.39 is 16.9 Å². The van der Waals surface area contributed by atoms with Crippen molar-refractivity contribution in [1.29, 1.82) is 0 Å². The van der Waals surface area contributed by atoms with Gasteiger partial charge in [-0.05, 0) is 62.7 Å². The Morgan fingerprint density at radius 3 is 2.55 bits per heavy atom. The molecule has 2 aromatic heterocycles. The number of ether oxygens (including phenoxy) is 3. The van der Waals surface area contributed by atoms with Crippen molar-refractivity contribution in [3.8, 4) is 22.8 Å². The molecule has 5 rings (SSSR count). The minimum Gasteiger partial charge on any atom is -0.493 e. The second kappa shape index (κ2) is 11.9. The second-order valence-corrected chi connectivity index (χ2v) is 10.2.